The lowest BCUT2D eigenvalue weighted by atomic mass is 10.3. The van der Waals surface area contributed by atoms with Gasteiger partial charge in [0.2, 0.25) is 5.91 Å². The van der Waals surface area contributed by atoms with Crippen LogP contribution in [0.1, 0.15) is 20.8 Å². The standard InChI is InChI=1S/C10H20N2OS.ClH/c1-10(2,3)14-8-9(13)12-6-4-11-5-7-12;/h11H,4-8H2,1-3H3;1H. The third kappa shape index (κ3) is 6.28. The van der Waals surface area contributed by atoms with Crippen molar-refractivity contribution in [1.29, 1.82) is 0 Å². The monoisotopic (exact) mass is 252 g/mol. The van der Waals surface area contributed by atoms with Gasteiger partial charge in [0.05, 0.1) is 5.75 Å². The third-order valence-electron chi connectivity index (χ3n) is 2.10. The number of rotatable bonds is 2. The summed E-state index contributed by atoms with van der Waals surface area (Å²) >= 11 is 1.72. The van der Waals surface area contributed by atoms with Gasteiger partial charge in [0.1, 0.15) is 0 Å². The summed E-state index contributed by atoms with van der Waals surface area (Å²) in [5.41, 5.74) is 0. The maximum atomic E-state index is 11.7. The van der Waals surface area contributed by atoms with E-state index in [9.17, 15) is 4.79 Å². The highest BCUT2D eigenvalue weighted by Gasteiger charge is 2.19. The zero-order valence-electron chi connectivity index (χ0n) is 9.71. The van der Waals surface area contributed by atoms with Gasteiger partial charge in [-0.2, -0.15) is 0 Å². The number of nitrogens with one attached hydrogen (secondary N) is 1. The molecule has 5 heteroatoms. The fourth-order valence-electron chi connectivity index (χ4n) is 1.28. The molecule has 0 bridgehead atoms. The molecule has 15 heavy (non-hydrogen) atoms. The molecule has 1 amide bonds. The molecule has 0 spiro atoms. The molecule has 90 valence electrons. The second-order valence-electron chi connectivity index (χ2n) is 4.53. The van der Waals surface area contributed by atoms with Crippen LogP contribution in [0.2, 0.25) is 0 Å². The van der Waals surface area contributed by atoms with Crippen molar-refractivity contribution in [3.8, 4) is 0 Å². The quantitative estimate of drug-likeness (QED) is 0.806. The van der Waals surface area contributed by atoms with E-state index in [0.29, 0.717) is 5.75 Å². The molecule has 1 saturated heterocycles. The van der Waals surface area contributed by atoms with Crippen molar-refractivity contribution >= 4 is 30.1 Å². The summed E-state index contributed by atoms with van der Waals surface area (Å²) in [6.45, 7) is 10.0. The van der Waals surface area contributed by atoms with E-state index in [0.717, 1.165) is 26.2 Å². The number of hydrogen-bond acceptors (Lipinski definition) is 3. The molecule has 1 rings (SSSR count). The van der Waals surface area contributed by atoms with Crippen molar-refractivity contribution in [2.24, 2.45) is 0 Å². The SMILES string of the molecule is CC(C)(C)SCC(=O)N1CCNCC1.Cl. The maximum Gasteiger partial charge on any atom is 0.232 e. The van der Waals surface area contributed by atoms with E-state index in [2.05, 4.69) is 26.1 Å². The minimum atomic E-state index is 0. The average Bonchev–Trinajstić information content (AvgIpc) is 2.14. The highest BCUT2D eigenvalue weighted by molar-refractivity contribution is 8.01. The van der Waals surface area contributed by atoms with Gasteiger partial charge in [-0.15, -0.1) is 24.2 Å². The van der Waals surface area contributed by atoms with E-state index in [-0.39, 0.29) is 23.1 Å². The Bertz CT molecular complexity index is 200. The molecule has 3 nitrogen and oxygen atoms in total. The lowest BCUT2D eigenvalue weighted by Crippen LogP contribution is -2.47. The van der Waals surface area contributed by atoms with E-state index >= 15 is 0 Å². The van der Waals surface area contributed by atoms with Crippen LogP contribution < -0.4 is 5.32 Å². The van der Waals surface area contributed by atoms with E-state index in [1.807, 2.05) is 4.90 Å². The van der Waals surface area contributed by atoms with Crippen LogP contribution in [0.15, 0.2) is 0 Å². The smallest absolute Gasteiger partial charge is 0.232 e. The molecule has 0 atom stereocenters. The molecule has 0 aliphatic carbocycles. The zero-order chi connectivity index (χ0) is 10.6. The summed E-state index contributed by atoms with van der Waals surface area (Å²) in [6, 6.07) is 0. The van der Waals surface area contributed by atoms with Gasteiger partial charge in [-0.3, -0.25) is 4.79 Å². The molecule has 1 heterocycles. The summed E-state index contributed by atoms with van der Waals surface area (Å²) in [4.78, 5) is 13.7. The Morgan fingerprint density at radius 3 is 2.33 bits per heavy atom. The summed E-state index contributed by atoms with van der Waals surface area (Å²) < 4.78 is 0.184. The number of carbonyl (C=O) groups excluding carboxylic acids is 1. The van der Waals surface area contributed by atoms with Crippen LogP contribution in [0, 0.1) is 0 Å². The first kappa shape index (κ1) is 15.1. The van der Waals surface area contributed by atoms with Gasteiger partial charge >= 0.3 is 0 Å². The van der Waals surface area contributed by atoms with E-state index < -0.39 is 0 Å². The summed E-state index contributed by atoms with van der Waals surface area (Å²) in [5, 5.41) is 3.24. The normalized spacial score (nSPS) is 17.1. The predicted molar refractivity (Wildman–Crippen MR) is 68.9 cm³/mol. The highest BCUT2D eigenvalue weighted by Crippen LogP contribution is 2.23. The Balaban J connectivity index is 0.00000196. The maximum absolute atomic E-state index is 11.7. The fourth-order valence-corrected chi connectivity index (χ4v) is 2.02. The topological polar surface area (TPSA) is 32.3 Å². The van der Waals surface area contributed by atoms with Crippen LogP contribution in [-0.4, -0.2) is 47.5 Å². The molecular formula is C10H21ClN2OS. The Kier molecular flexibility index (Phi) is 6.64. The van der Waals surface area contributed by atoms with Crippen molar-refractivity contribution in [1.82, 2.24) is 10.2 Å². The van der Waals surface area contributed by atoms with Crippen LogP contribution >= 0.6 is 24.2 Å². The first-order valence-corrected chi connectivity index (χ1v) is 6.10. The minimum Gasteiger partial charge on any atom is -0.339 e. The van der Waals surface area contributed by atoms with Crippen LogP contribution in [0.5, 0.6) is 0 Å². The van der Waals surface area contributed by atoms with E-state index in [4.69, 9.17) is 0 Å². The Morgan fingerprint density at radius 2 is 1.87 bits per heavy atom. The second-order valence-corrected chi connectivity index (χ2v) is 6.33. The van der Waals surface area contributed by atoms with E-state index in [1.54, 1.807) is 11.8 Å². The molecule has 0 radical (unpaired) electrons. The number of hydrogen-bond donors (Lipinski definition) is 1. The lowest BCUT2D eigenvalue weighted by molar-refractivity contribution is -0.128. The predicted octanol–water partition coefficient (Wildman–Crippen LogP) is 1.37. The number of amides is 1. The van der Waals surface area contributed by atoms with Gasteiger partial charge in [-0.25, -0.2) is 0 Å². The van der Waals surface area contributed by atoms with Gasteiger partial charge in [0.15, 0.2) is 0 Å². The summed E-state index contributed by atoms with van der Waals surface area (Å²) in [5.74, 6) is 0.898. The number of carbonyl (C=O) groups is 1. The van der Waals surface area contributed by atoms with E-state index in [1.165, 1.54) is 0 Å². The number of nitrogens with zero attached hydrogens (tertiary/aromatic N) is 1. The minimum absolute atomic E-state index is 0. The molecule has 1 N–H and O–H groups in total. The fraction of sp³-hybridized carbons (Fsp3) is 0.900. The average molecular weight is 253 g/mol. The molecule has 1 fully saturated rings. The second kappa shape index (κ2) is 6.61. The highest BCUT2D eigenvalue weighted by atomic mass is 35.5. The van der Waals surface area contributed by atoms with Gasteiger partial charge in [0, 0.05) is 30.9 Å². The van der Waals surface area contributed by atoms with Gasteiger partial charge < -0.3 is 10.2 Å². The van der Waals surface area contributed by atoms with Crippen LogP contribution in [0.3, 0.4) is 0 Å². The molecule has 0 aromatic carbocycles. The van der Waals surface area contributed by atoms with Gasteiger partial charge in [-0.05, 0) is 0 Å². The van der Waals surface area contributed by atoms with Crippen molar-refractivity contribution < 1.29 is 4.79 Å². The van der Waals surface area contributed by atoms with Gasteiger partial charge in [-0.1, -0.05) is 20.8 Å². The Hall–Kier alpha value is 0.0700. The van der Waals surface area contributed by atoms with Crippen LogP contribution in [0.25, 0.3) is 0 Å². The van der Waals surface area contributed by atoms with Crippen LogP contribution in [-0.2, 0) is 4.79 Å². The Labute approximate surface area is 103 Å². The molecular weight excluding hydrogens is 232 g/mol. The third-order valence-corrected chi connectivity index (χ3v) is 3.36. The number of halogens is 1. The Morgan fingerprint density at radius 1 is 1.33 bits per heavy atom. The van der Waals surface area contributed by atoms with Crippen LogP contribution in [0.4, 0.5) is 0 Å². The van der Waals surface area contributed by atoms with Crippen molar-refractivity contribution in [2.75, 3.05) is 31.9 Å². The molecule has 1 aliphatic heterocycles. The first-order chi connectivity index (χ1) is 6.49. The summed E-state index contributed by atoms with van der Waals surface area (Å²) in [7, 11) is 0. The van der Waals surface area contributed by atoms with Crippen molar-refractivity contribution in [3.05, 3.63) is 0 Å². The number of piperazine rings is 1. The number of thioether (sulfide) groups is 1. The first-order valence-electron chi connectivity index (χ1n) is 5.11. The molecule has 1 aliphatic rings. The lowest BCUT2D eigenvalue weighted by Gasteiger charge is -2.28. The summed E-state index contributed by atoms with van der Waals surface area (Å²) in [6.07, 6.45) is 0. The molecule has 0 saturated carbocycles. The molecule has 0 aromatic heterocycles. The molecule has 0 aromatic rings. The van der Waals surface area contributed by atoms with Crippen molar-refractivity contribution in [3.63, 3.8) is 0 Å². The molecule has 0 unspecified atom stereocenters. The van der Waals surface area contributed by atoms with Crippen molar-refractivity contribution in [2.45, 2.75) is 25.5 Å². The van der Waals surface area contributed by atoms with Gasteiger partial charge in [0.25, 0.3) is 0 Å². The largest absolute Gasteiger partial charge is 0.339 e. The zero-order valence-corrected chi connectivity index (χ0v) is 11.3.